The Morgan fingerprint density at radius 2 is 1.91 bits per heavy atom. The number of anilines is 1. The van der Waals surface area contributed by atoms with Crippen LogP contribution in [-0.2, 0) is 14.8 Å². The third-order valence-electron chi connectivity index (χ3n) is 6.11. The van der Waals surface area contributed by atoms with Gasteiger partial charge >= 0.3 is 0 Å². The first-order valence-corrected chi connectivity index (χ1v) is 12.7. The molecule has 1 amide bonds. The van der Waals surface area contributed by atoms with Gasteiger partial charge in [-0.2, -0.15) is 8.42 Å². The van der Waals surface area contributed by atoms with Gasteiger partial charge in [0.05, 0.1) is 5.92 Å². The van der Waals surface area contributed by atoms with E-state index in [1.54, 1.807) is 18.2 Å². The van der Waals surface area contributed by atoms with E-state index in [-0.39, 0.29) is 16.7 Å². The summed E-state index contributed by atoms with van der Waals surface area (Å²) in [7, 11) is -3.65. The van der Waals surface area contributed by atoms with E-state index in [2.05, 4.69) is 33.7 Å². The first-order chi connectivity index (χ1) is 15.5. The second-order valence-electron chi connectivity index (χ2n) is 8.23. The van der Waals surface area contributed by atoms with Gasteiger partial charge in [-0.1, -0.05) is 30.3 Å². The molecule has 0 bridgehead atoms. The molecule has 2 aliphatic heterocycles. The molecule has 0 spiro atoms. The number of likely N-dealkylation sites (tertiary alicyclic amines) is 1. The van der Waals surface area contributed by atoms with Crippen molar-refractivity contribution in [2.45, 2.75) is 31.1 Å². The molecule has 170 valence electrons. The molecular weight excluding hydrogens is 424 g/mol. The van der Waals surface area contributed by atoms with Crippen LogP contribution in [0, 0.1) is 5.92 Å². The molecule has 0 aliphatic carbocycles. The minimum Gasteiger partial charge on any atom is -0.372 e. The summed E-state index contributed by atoms with van der Waals surface area (Å²) >= 11 is 0. The Hall–Kier alpha value is -2.87. The van der Waals surface area contributed by atoms with Gasteiger partial charge in [0, 0.05) is 44.0 Å². The summed E-state index contributed by atoms with van der Waals surface area (Å²) in [5, 5.41) is 3.08. The fraction of sp³-hybridized carbons (Fsp3) is 0.417. The van der Waals surface area contributed by atoms with Crippen LogP contribution in [0.25, 0.3) is 0 Å². The monoisotopic (exact) mass is 454 g/mol. The SMILES string of the molecule is CCN(CCCNC(=O)C1CCCN(C2=NS(=O)(=O)c3ccccc32)C1)c1ccccc1. The average molecular weight is 455 g/mol. The maximum absolute atomic E-state index is 12.8. The number of piperidine rings is 1. The zero-order chi connectivity index (χ0) is 22.6. The maximum atomic E-state index is 12.8. The maximum Gasteiger partial charge on any atom is 0.285 e. The van der Waals surface area contributed by atoms with E-state index in [0.29, 0.717) is 31.0 Å². The third kappa shape index (κ3) is 4.80. The van der Waals surface area contributed by atoms with Crippen molar-refractivity contribution in [3.8, 4) is 0 Å². The van der Waals surface area contributed by atoms with Crippen LogP contribution < -0.4 is 10.2 Å². The Morgan fingerprint density at radius 3 is 2.69 bits per heavy atom. The number of hydrogen-bond acceptors (Lipinski definition) is 5. The smallest absolute Gasteiger partial charge is 0.285 e. The predicted octanol–water partition coefficient (Wildman–Crippen LogP) is 2.88. The number of para-hydroxylation sites is 1. The molecular formula is C24H30N4O3S. The molecule has 1 unspecified atom stereocenters. The van der Waals surface area contributed by atoms with Crippen molar-refractivity contribution < 1.29 is 13.2 Å². The lowest BCUT2D eigenvalue weighted by molar-refractivity contribution is -0.126. The molecule has 2 aromatic carbocycles. The minimum atomic E-state index is -3.65. The molecule has 1 atom stereocenters. The summed E-state index contributed by atoms with van der Waals surface area (Å²) in [6.45, 7) is 5.74. The van der Waals surface area contributed by atoms with Crippen LogP contribution in [0.2, 0.25) is 0 Å². The van der Waals surface area contributed by atoms with Gasteiger partial charge < -0.3 is 15.1 Å². The largest absolute Gasteiger partial charge is 0.372 e. The van der Waals surface area contributed by atoms with E-state index in [1.165, 1.54) is 5.69 Å². The first-order valence-electron chi connectivity index (χ1n) is 11.3. The summed E-state index contributed by atoms with van der Waals surface area (Å²) in [5.74, 6) is 0.338. The highest BCUT2D eigenvalue weighted by Gasteiger charge is 2.35. The summed E-state index contributed by atoms with van der Waals surface area (Å²) in [5.41, 5.74) is 1.82. The van der Waals surface area contributed by atoms with Gasteiger partial charge in [-0.3, -0.25) is 4.79 Å². The minimum absolute atomic E-state index is 0.0344. The molecule has 0 radical (unpaired) electrons. The van der Waals surface area contributed by atoms with Crippen molar-refractivity contribution in [2.24, 2.45) is 10.3 Å². The molecule has 8 heteroatoms. The standard InChI is InChI=1S/C24H30N4O3S/c1-2-27(20-11-4-3-5-12-20)17-9-15-25-24(29)19-10-8-16-28(18-19)23-21-13-6-7-14-22(21)32(30,31)26-23/h3-7,11-14,19H,2,8-10,15-18H2,1H3,(H,25,29). The number of sulfonamides is 1. The number of carbonyl (C=O) groups excluding carboxylic acids is 1. The predicted molar refractivity (Wildman–Crippen MR) is 126 cm³/mol. The topological polar surface area (TPSA) is 82.1 Å². The van der Waals surface area contributed by atoms with Gasteiger partial charge in [0.15, 0.2) is 5.84 Å². The molecule has 2 aliphatic rings. The van der Waals surface area contributed by atoms with Gasteiger partial charge in [0.25, 0.3) is 10.0 Å². The molecule has 7 nitrogen and oxygen atoms in total. The zero-order valence-corrected chi connectivity index (χ0v) is 19.2. The number of carbonyl (C=O) groups is 1. The van der Waals surface area contributed by atoms with Crippen LogP contribution in [0.3, 0.4) is 0 Å². The van der Waals surface area contributed by atoms with Crippen LogP contribution in [0.1, 0.15) is 31.7 Å². The van der Waals surface area contributed by atoms with Crippen molar-refractivity contribution in [1.82, 2.24) is 10.2 Å². The number of amidine groups is 1. The van der Waals surface area contributed by atoms with Gasteiger partial charge in [-0.25, -0.2) is 0 Å². The van der Waals surface area contributed by atoms with Gasteiger partial charge in [0.2, 0.25) is 5.91 Å². The summed E-state index contributed by atoms with van der Waals surface area (Å²) < 4.78 is 28.8. The second kappa shape index (κ2) is 9.73. The second-order valence-corrected chi connectivity index (χ2v) is 9.80. The Labute approximate surface area is 190 Å². The molecule has 1 N–H and O–H groups in total. The normalized spacial score (nSPS) is 19.2. The molecule has 2 heterocycles. The molecule has 0 saturated carbocycles. The van der Waals surface area contributed by atoms with E-state index in [0.717, 1.165) is 32.4 Å². The van der Waals surface area contributed by atoms with E-state index in [4.69, 9.17) is 0 Å². The molecule has 0 aromatic heterocycles. The lowest BCUT2D eigenvalue weighted by atomic mass is 9.96. The van der Waals surface area contributed by atoms with Gasteiger partial charge in [-0.15, -0.1) is 4.40 Å². The Kier molecular flexibility index (Phi) is 6.79. The fourth-order valence-corrected chi connectivity index (χ4v) is 5.66. The van der Waals surface area contributed by atoms with Crippen molar-refractivity contribution in [3.63, 3.8) is 0 Å². The van der Waals surface area contributed by atoms with Crippen LogP contribution in [0.15, 0.2) is 63.9 Å². The summed E-state index contributed by atoms with van der Waals surface area (Å²) in [4.78, 5) is 17.3. The highest BCUT2D eigenvalue weighted by molar-refractivity contribution is 7.90. The lowest BCUT2D eigenvalue weighted by Crippen LogP contribution is -2.45. The van der Waals surface area contributed by atoms with Crippen molar-refractivity contribution in [2.75, 3.05) is 37.6 Å². The Bertz CT molecular complexity index is 1090. The number of rotatable bonds is 7. The number of amides is 1. The van der Waals surface area contributed by atoms with E-state index < -0.39 is 10.0 Å². The molecule has 32 heavy (non-hydrogen) atoms. The summed E-state index contributed by atoms with van der Waals surface area (Å²) in [6.07, 6.45) is 2.50. The highest BCUT2D eigenvalue weighted by Crippen LogP contribution is 2.29. The number of fused-ring (bicyclic) bond motifs is 1. The molecule has 4 rings (SSSR count). The van der Waals surface area contributed by atoms with Crippen molar-refractivity contribution >= 4 is 27.5 Å². The van der Waals surface area contributed by atoms with E-state index >= 15 is 0 Å². The van der Waals surface area contributed by atoms with Gasteiger partial charge in [0.1, 0.15) is 4.90 Å². The fourth-order valence-electron chi connectivity index (χ4n) is 4.43. The third-order valence-corrected chi connectivity index (χ3v) is 7.44. The van der Waals surface area contributed by atoms with Crippen molar-refractivity contribution in [1.29, 1.82) is 0 Å². The quantitative estimate of drug-likeness (QED) is 0.651. The summed E-state index contributed by atoms with van der Waals surface area (Å²) in [6, 6.07) is 17.2. The van der Waals surface area contributed by atoms with Crippen molar-refractivity contribution in [3.05, 3.63) is 60.2 Å². The molecule has 1 saturated heterocycles. The first kappa shape index (κ1) is 22.3. The van der Waals surface area contributed by atoms with E-state index in [1.807, 2.05) is 29.2 Å². The van der Waals surface area contributed by atoms with Crippen LogP contribution in [0.5, 0.6) is 0 Å². The molecule has 1 fully saturated rings. The van der Waals surface area contributed by atoms with Gasteiger partial charge in [-0.05, 0) is 50.5 Å². The molecule has 2 aromatic rings. The Morgan fingerprint density at radius 1 is 1.16 bits per heavy atom. The zero-order valence-electron chi connectivity index (χ0n) is 18.4. The van der Waals surface area contributed by atoms with E-state index in [9.17, 15) is 13.2 Å². The number of nitrogens with one attached hydrogen (secondary N) is 1. The average Bonchev–Trinajstić information content (AvgIpc) is 3.11. The van der Waals surface area contributed by atoms with Crippen LogP contribution in [-0.4, -0.2) is 57.8 Å². The lowest BCUT2D eigenvalue weighted by Gasteiger charge is -2.33. The number of hydrogen-bond donors (Lipinski definition) is 1. The number of nitrogens with zero attached hydrogens (tertiary/aromatic N) is 3. The van der Waals surface area contributed by atoms with Crippen LogP contribution in [0.4, 0.5) is 5.69 Å². The number of benzene rings is 2. The highest BCUT2D eigenvalue weighted by atomic mass is 32.2. The van der Waals surface area contributed by atoms with Crippen LogP contribution >= 0.6 is 0 Å². The Balaban J connectivity index is 1.31.